The standard InChI is InChI=1S/C24H38N4O.HI/c1-19(2)15-24(12-6-7-13-24)18-27-23(25-3)26-16-20-9-4-5-10-21(20)17-28-14-8-11-22(28)29;/h4-5,9-10,19H,6-8,11-18H2,1-3H3,(H2,25,26,27);1H. The maximum absolute atomic E-state index is 12.0. The minimum atomic E-state index is 0. The van der Waals surface area contributed by atoms with Crippen molar-refractivity contribution in [3.63, 3.8) is 0 Å². The minimum Gasteiger partial charge on any atom is -0.356 e. The molecular weight excluding hydrogens is 487 g/mol. The second-order valence-corrected chi connectivity index (χ2v) is 9.27. The van der Waals surface area contributed by atoms with Gasteiger partial charge in [-0.2, -0.15) is 0 Å². The molecule has 0 bridgehead atoms. The van der Waals surface area contributed by atoms with E-state index in [2.05, 4.69) is 53.7 Å². The highest BCUT2D eigenvalue weighted by Crippen LogP contribution is 2.42. The molecule has 6 heteroatoms. The zero-order valence-corrected chi connectivity index (χ0v) is 21.2. The van der Waals surface area contributed by atoms with Gasteiger partial charge in [0.05, 0.1) is 0 Å². The molecule has 2 N–H and O–H groups in total. The summed E-state index contributed by atoms with van der Waals surface area (Å²) in [6, 6.07) is 8.41. The number of likely N-dealkylation sites (tertiary alicyclic amines) is 1. The quantitative estimate of drug-likeness (QED) is 0.294. The normalized spacial score (nSPS) is 18.6. The summed E-state index contributed by atoms with van der Waals surface area (Å²) in [4.78, 5) is 18.4. The first-order valence-electron chi connectivity index (χ1n) is 11.3. The Morgan fingerprint density at radius 3 is 2.43 bits per heavy atom. The molecule has 30 heavy (non-hydrogen) atoms. The van der Waals surface area contributed by atoms with Crippen LogP contribution in [0.5, 0.6) is 0 Å². The highest BCUT2D eigenvalue weighted by molar-refractivity contribution is 14.0. The molecule has 2 fully saturated rings. The zero-order valence-electron chi connectivity index (χ0n) is 18.9. The third-order valence-electron chi connectivity index (χ3n) is 6.46. The van der Waals surface area contributed by atoms with Gasteiger partial charge in [-0.05, 0) is 48.1 Å². The summed E-state index contributed by atoms with van der Waals surface area (Å²) >= 11 is 0. The molecule has 1 aromatic carbocycles. The maximum atomic E-state index is 12.0. The molecular formula is C24H39IN4O. The Hall–Kier alpha value is -1.31. The topological polar surface area (TPSA) is 56.7 Å². The minimum absolute atomic E-state index is 0. The number of nitrogens with one attached hydrogen (secondary N) is 2. The highest BCUT2D eigenvalue weighted by Gasteiger charge is 2.34. The van der Waals surface area contributed by atoms with Crippen molar-refractivity contribution in [3.05, 3.63) is 35.4 Å². The van der Waals surface area contributed by atoms with E-state index in [9.17, 15) is 4.79 Å². The molecule has 168 valence electrons. The summed E-state index contributed by atoms with van der Waals surface area (Å²) in [5, 5.41) is 7.09. The van der Waals surface area contributed by atoms with Gasteiger partial charge in [0.25, 0.3) is 0 Å². The first-order chi connectivity index (χ1) is 14.0. The lowest BCUT2D eigenvalue weighted by Crippen LogP contribution is -2.43. The lowest BCUT2D eigenvalue weighted by atomic mass is 9.78. The van der Waals surface area contributed by atoms with Crippen LogP contribution in [0.25, 0.3) is 0 Å². The highest BCUT2D eigenvalue weighted by atomic mass is 127. The summed E-state index contributed by atoms with van der Waals surface area (Å²) in [6.07, 6.45) is 8.29. The average molecular weight is 527 g/mol. The van der Waals surface area contributed by atoms with E-state index in [0.717, 1.165) is 37.9 Å². The number of hydrogen-bond donors (Lipinski definition) is 2. The molecule has 1 amide bonds. The van der Waals surface area contributed by atoms with Crippen LogP contribution in [-0.2, 0) is 17.9 Å². The zero-order chi connectivity index (χ0) is 20.7. The molecule has 1 aliphatic heterocycles. The van der Waals surface area contributed by atoms with E-state index in [-0.39, 0.29) is 29.9 Å². The van der Waals surface area contributed by atoms with E-state index in [1.54, 1.807) is 0 Å². The van der Waals surface area contributed by atoms with E-state index in [4.69, 9.17) is 0 Å². The van der Waals surface area contributed by atoms with Crippen LogP contribution < -0.4 is 10.6 Å². The van der Waals surface area contributed by atoms with Crippen LogP contribution in [0.1, 0.15) is 69.9 Å². The molecule has 1 aromatic rings. The fourth-order valence-corrected chi connectivity index (χ4v) is 5.08. The number of rotatable bonds is 8. The molecule has 0 aromatic heterocycles. The van der Waals surface area contributed by atoms with E-state index in [0.29, 0.717) is 18.4 Å². The van der Waals surface area contributed by atoms with Gasteiger partial charge in [-0.15, -0.1) is 24.0 Å². The summed E-state index contributed by atoms with van der Waals surface area (Å²) in [5.41, 5.74) is 2.87. The van der Waals surface area contributed by atoms with Crippen molar-refractivity contribution in [2.75, 3.05) is 20.1 Å². The fraction of sp³-hybridized carbons (Fsp3) is 0.667. The number of aliphatic imine (C=N–C) groups is 1. The summed E-state index contributed by atoms with van der Waals surface area (Å²) in [6.45, 7) is 7.95. The van der Waals surface area contributed by atoms with Crippen molar-refractivity contribution in [2.45, 2.75) is 71.9 Å². The number of nitrogens with zero attached hydrogens (tertiary/aromatic N) is 2. The Morgan fingerprint density at radius 2 is 1.83 bits per heavy atom. The van der Waals surface area contributed by atoms with Gasteiger partial charge in [0.1, 0.15) is 0 Å². The van der Waals surface area contributed by atoms with E-state index < -0.39 is 0 Å². The lowest BCUT2D eigenvalue weighted by molar-refractivity contribution is -0.128. The third-order valence-corrected chi connectivity index (χ3v) is 6.46. The monoisotopic (exact) mass is 526 g/mol. The van der Waals surface area contributed by atoms with Crippen molar-refractivity contribution in [2.24, 2.45) is 16.3 Å². The van der Waals surface area contributed by atoms with Crippen LogP contribution in [0.4, 0.5) is 0 Å². The molecule has 1 aliphatic carbocycles. The molecule has 0 radical (unpaired) electrons. The van der Waals surface area contributed by atoms with Gasteiger partial charge in [-0.1, -0.05) is 51.0 Å². The molecule has 0 spiro atoms. The number of halogens is 1. The van der Waals surface area contributed by atoms with Gasteiger partial charge in [0.15, 0.2) is 5.96 Å². The van der Waals surface area contributed by atoms with Crippen LogP contribution in [0.3, 0.4) is 0 Å². The van der Waals surface area contributed by atoms with Crippen molar-refractivity contribution in [1.82, 2.24) is 15.5 Å². The van der Waals surface area contributed by atoms with E-state index >= 15 is 0 Å². The first kappa shape index (κ1) is 25.0. The molecule has 0 unspecified atom stereocenters. The fourth-order valence-electron chi connectivity index (χ4n) is 5.08. The van der Waals surface area contributed by atoms with Gasteiger partial charge in [0, 0.05) is 39.6 Å². The van der Waals surface area contributed by atoms with Crippen LogP contribution in [0, 0.1) is 11.3 Å². The molecule has 3 rings (SSSR count). The predicted molar refractivity (Wildman–Crippen MR) is 135 cm³/mol. The number of amides is 1. The number of hydrogen-bond acceptors (Lipinski definition) is 2. The van der Waals surface area contributed by atoms with Crippen LogP contribution in [0.15, 0.2) is 29.3 Å². The third kappa shape index (κ3) is 6.86. The van der Waals surface area contributed by atoms with Crippen LogP contribution in [-0.4, -0.2) is 36.9 Å². The van der Waals surface area contributed by atoms with Gasteiger partial charge in [-0.25, -0.2) is 0 Å². The second-order valence-electron chi connectivity index (χ2n) is 9.27. The second kappa shape index (κ2) is 11.9. The number of carbonyl (C=O) groups excluding carboxylic acids is 1. The number of carbonyl (C=O) groups is 1. The Kier molecular flexibility index (Phi) is 9.91. The molecule has 2 aliphatic rings. The van der Waals surface area contributed by atoms with Crippen molar-refractivity contribution < 1.29 is 4.79 Å². The smallest absolute Gasteiger partial charge is 0.222 e. The lowest BCUT2D eigenvalue weighted by Gasteiger charge is -2.32. The van der Waals surface area contributed by atoms with Gasteiger partial charge in [0.2, 0.25) is 5.91 Å². The van der Waals surface area contributed by atoms with Gasteiger partial charge in [-0.3, -0.25) is 9.79 Å². The molecule has 1 heterocycles. The average Bonchev–Trinajstić information content (AvgIpc) is 3.32. The molecule has 0 atom stereocenters. The van der Waals surface area contributed by atoms with Crippen molar-refractivity contribution >= 4 is 35.8 Å². The van der Waals surface area contributed by atoms with E-state index in [1.807, 2.05) is 11.9 Å². The predicted octanol–water partition coefficient (Wildman–Crippen LogP) is 4.70. The van der Waals surface area contributed by atoms with E-state index in [1.165, 1.54) is 43.2 Å². The summed E-state index contributed by atoms with van der Waals surface area (Å²) in [5.74, 6) is 1.87. The first-order valence-corrected chi connectivity index (χ1v) is 11.3. The SMILES string of the molecule is CN=C(NCc1ccccc1CN1CCCC1=O)NCC1(CC(C)C)CCCC1.I. The van der Waals surface area contributed by atoms with Crippen LogP contribution in [0.2, 0.25) is 0 Å². The Labute approximate surface area is 199 Å². The largest absolute Gasteiger partial charge is 0.356 e. The van der Waals surface area contributed by atoms with Gasteiger partial charge >= 0.3 is 0 Å². The van der Waals surface area contributed by atoms with Crippen molar-refractivity contribution in [3.8, 4) is 0 Å². The van der Waals surface area contributed by atoms with Crippen LogP contribution >= 0.6 is 24.0 Å². The number of guanidine groups is 1. The summed E-state index contributed by atoms with van der Waals surface area (Å²) < 4.78 is 0. The number of benzene rings is 1. The summed E-state index contributed by atoms with van der Waals surface area (Å²) in [7, 11) is 1.84. The Morgan fingerprint density at radius 1 is 1.13 bits per heavy atom. The van der Waals surface area contributed by atoms with Crippen molar-refractivity contribution in [1.29, 1.82) is 0 Å². The Balaban J connectivity index is 0.00000320. The molecule has 1 saturated heterocycles. The van der Waals surface area contributed by atoms with Gasteiger partial charge < -0.3 is 15.5 Å². The molecule has 1 saturated carbocycles. The maximum Gasteiger partial charge on any atom is 0.222 e. The molecule has 5 nitrogen and oxygen atoms in total. The Bertz CT molecular complexity index is 713.